The lowest BCUT2D eigenvalue weighted by atomic mass is 10.3. The minimum Gasteiger partial charge on any atom is -0.494 e. The molecule has 1 aromatic carbocycles. The summed E-state index contributed by atoms with van der Waals surface area (Å²) in [5.74, 6) is 0.856. The molecule has 0 amide bonds. The molecule has 0 spiro atoms. The zero-order chi connectivity index (χ0) is 12.8. The molecule has 5 nitrogen and oxygen atoms in total. The molecular weight excluding hydrogens is 230 g/mol. The molecule has 0 atom stereocenters. The van der Waals surface area contributed by atoms with Crippen molar-refractivity contribution >= 4 is 0 Å². The molecule has 0 N–H and O–H groups in total. The standard InChI is InChI=1S/C13H17N3O2/c1-2-16-13(17)15(11-14-16)9-6-10-18-12-7-4-3-5-8-12/h3-5,7-8,11H,2,6,9-10H2,1H3. The van der Waals surface area contributed by atoms with Gasteiger partial charge >= 0.3 is 5.69 Å². The molecular formula is C13H17N3O2. The minimum absolute atomic E-state index is 0.0581. The molecule has 1 heterocycles. The average molecular weight is 247 g/mol. The normalized spacial score (nSPS) is 10.5. The molecule has 2 rings (SSSR count). The van der Waals surface area contributed by atoms with Crippen LogP contribution in [0.1, 0.15) is 13.3 Å². The van der Waals surface area contributed by atoms with Crippen LogP contribution in [0.4, 0.5) is 0 Å². The first-order valence-corrected chi connectivity index (χ1v) is 6.11. The summed E-state index contributed by atoms with van der Waals surface area (Å²) in [5.41, 5.74) is -0.0581. The maximum Gasteiger partial charge on any atom is 0.345 e. The number of rotatable bonds is 6. The van der Waals surface area contributed by atoms with E-state index in [0.717, 1.165) is 12.2 Å². The van der Waals surface area contributed by atoms with Gasteiger partial charge in [-0.25, -0.2) is 9.48 Å². The zero-order valence-electron chi connectivity index (χ0n) is 10.5. The van der Waals surface area contributed by atoms with Gasteiger partial charge in [-0.3, -0.25) is 4.57 Å². The van der Waals surface area contributed by atoms with Crippen LogP contribution in [0.2, 0.25) is 0 Å². The predicted molar refractivity (Wildman–Crippen MR) is 68.7 cm³/mol. The monoisotopic (exact) mass is 247 g/mol. The van der Waals surface area contributed by atoms with Crippen molar-refractivity contribution in [2.45, 2.75) is 26.4 Å². The Morgan fingerprint density at radius 3 is 2.72 bits per heavy atom. The Labute approximate surface area is 106 Å². The van der Waals surface area contributed by atoms with Crippen molar-refractivity contribution in [3.63, 3.8) is 0 Å². The summed E-state index contributed by atoms with van der Waals surface area (Å²) in [6.07, 6.45) is 2.36. The van der Waals surface area contributed by atoms with Gasteiger partial charge < -0.3 is 4.74 Å². The van der Waals surface area contributed by atoms with Gasteiger partial charge in [0.2, 0.25) is 0 Å². The van der Waals surface area contributed by atoms with E-state index < -0.39 is 0 Å². The molecule has 0 aliphatic heterocycles. The predicted octanol–water partition coefficient (Wildman–Crippen LogP) is 1.53. The summed E-state index contributed by atoms with van der Waals surface area (Å²) in [6.45, 7) is 3.73. The van der Waals surface area contributed by atoms with E-state index in [1.54, 1.807) is 10.9 Å². The Balaban J connectivity index is 1.79. The van der Waals surface area contributed by atoms with Gasteiger partial charge in [-0.15, -0.1) is 0 Å². The van der Waals surface area contributed by atoms with Crippen molar-refractivity contribution in [2.24, 2.45) is 0 Å². The maximum absolute atomic E-state index is 11.7. The number of nitrogens with zero attached hydrogens (tertiary/aromatic N) is 3. The van der Waals surface area contributed by atoms with Crippen molar-refractivity contribution in [2.75, 3.05) is 6.61 Å². The molecule has 5 heteroatoms. The lowest BCUT2D eigenvalue weighted by molar-refractivity contribution is 0.300. The zero-order valence-corrected chi connectivity index (χ0v) is 10.5. The first-order chi connectivity index (χ1) is 8.81. The maximum atomic E-state index is 11.7. The number of para-hydroxylation sites is 1. The second-order valence-electron chi connectivity index (χ2n) is 3.94. The second-order valence-corrected chi connectivity index (χ2v) is 3.94. The third kappa shape index (κ3) is 3.00. The number of ether oxygens (including phenoxy) is 1. The summed E-state index contributed by atoms with van der Waals surface area (Å²) in [7, 11) is 0. The van der Waals surface area contributed by atoms with Crippen LogP contribution in [-0.2, 0) is 13.1 Å². The molecule has 1 aromatic heterocycles. The Morgan fingerprint density at radius 1 is 1.28 bits per heavy atom. The van der Waals surface area contributed by atoms with Gasteiger partial charge in [-0.1, -0.05) is 18.2 Å². The second kappa shape index (κ2) is 6.05. The van der Waals surface area contributed by atoms with E-state index in [1.165, 1.54) is 4.68 Å². The molecule has 0 unspecified atom stereocenters. The largest absolute Gasteiger partial charge is 0.494 e. The van der Waals surface area contributed by atoms with Crippen LogP contribution in [0.25, 0.3) is 0 Å². The summed E-state index contributed by atoms with van der Waals surface area (Å²) in [4.78, 5) is 11.7. The van der Waals surface area contributed by atoms with E-state index in [1.807, 2.05) is 37.3 Å². The van der Waals surface area contributed by atoms with Crippen LogP contribution >= 0.6 is 0 Å². The molecule has 0 saturated carbocycles. The fourth-order valence-electron chi connectivity index (χ4n) is 1.68. The highest BCUT2D eigenvalue weighted by molar-refractivity contribution is 5.20. The van der Waals surface area contributed by atoms with Crippen LogP contribution in [0.3, 0.4) is 0 Å². The Bertz CT molecular complexity index is 531. The molecule has 96 valence electrons. The van der Waals surface area contributed by atoms with E-state index in [2.05, 4.69) is 5.10 Å². The molecule has 0 fully saturated rings. The number of aromatic nitrogens is 3. The molecule has 18 heavy (non-hydrogen) atoms. The Hall–Kier alpha value is -2.04. The van der Waals surface area contributed by atoms with Gasteiger partial charge in [-0.05, 0) is 25.5 Å². The fraction of sp³-hybridized carbons (Fsp3) is 0.385. The summed E-state index contributed by atoms with van der Waals surface area (Å²) < 4.78 is 8.61. The molecule has 0 aliphatic carbocycles. The Kier molecular flexibility index (Phi) is 4.17. The van der Waals surface area contributed by atoms with Gasteiger partial charge in [0.25, 0.3) is 0 Å². The number of aryl methyl sites for hydroxylation is 2. The minimum atomic E-state index is -0.0581. The summed E-state index contributed by atoms with van der Waals surface area (Å²) in [6, 6.07) is 9.66. The van der Waals surface area contributed by atoms with Gasteiger partial charge in [-0.2, -0.15) is 5.10 Å². The van der Waals surface area contributed by atoms with E-state index in [9.17, 15) is 4.79 Å². The van der Waals surface area contributed by atoms with Crippen molar-refractivity contribution in [3.05, 3.63) is 47.1 Å². The molecule has 2 aromatic rings. The number of hydrogen-bond acceptors (Lipinski definition) is 3. The third-order valence-corrected chi connectivity index (χ3v) is 2.65. The highest BCUT2D eigenvalue weighted by atomic mass is 16.5. The SMILES string of the molecule is CCn1ncn(CCCOc2ccccc2)c1=O. The summed E-state index contributed by atoms with van der Waals surface area (Å²) >= 11 is 0. The van der Waals surface area contributed by atoms with Crippen molar-refractivity contribution in [1.29, 1.82) is 0 Å². The fourth-order valence-corrected chi connectivity index (χ4v) is 1.68. The van der Waals surface area contributed by atoms with E-state index in [4.69, 9.17) is 4.74 Å². The molecule has 0 aliphatic rings. The van der Waals surface area contributed by atoms with Crippen LogP contribution in [0.5, 0.6) is 5.75 Å². The molecule has 0 saturated heterocycles. The van der Waals surface area contributed by atoms with Crippen LogP contribution in [0.15, 0.2) is 41.5 Å². The quantitative estimate of drug-likeness (QED) is 0.727. The van der Waals surface area contributed by atoms with E-state index >= 15 is 0 Å². The third-order valence-electron chi connectivity index (χ3n) is 2.65. The highest BCUT2D eigenvalue weighted by Gasteiger charge is 2.02. The number of benzene rings is 1. The topological polar surface area (TPSA) is 49.0 Å². The van der Waals surface area contributed by atoms with Crippen LogP contribution in [-0.4, -0.2) is 21.0 Å². The highest BCUT2D eigenvalue weighted by Crippen LogP contribution is 2.08. The van der Waals surface area contributed by atoms with Gasteiger partial charge in [0.15, 0.2) is 0 Å². The van der Waals surface area contributed by atoms with Crippen molar-refractivity contribution < 1.29 is 4.74 Å². The van der Waals surface area contributed by atoms with Gasteiger partial charge in [0.1, 0.15) is 12.1 Å². The lowest BCUT2D eigenvalue weighted by Gasteiger charge is -2.05. The average Bonchev–Trinajstić information content (AvgIpc) is 2.77. The first-order valence-electron chi connectivity index (χ1n) is 6.11. The number of hydrogen-bond donors (Lipinski definition) is 0. The van der Waals surface area contributed by atoms with Crippen molar-refractivity contribution in [1.82, 2.24) is 14.3 Å². The van der Waals surface area contributed by atoms with Gasteiger partial charge in [0.05, 0.1) is 6.61 Å². The Morgan fingerprint density at radius 2 is 2.06 bits per heavy atom. The van der Waals surface area contributed by atoms with Crippen LogP contribution in [0, 0.1) is 0 Å². The lowest BCUT2D eigenvalue weighted by Crippen LogP contribution is -2.24. The van der Waals surface area contributed by atoms with E-state index in [-0.39, 0.29) is 5.69 Å². The molecule has 0 bridgehead atoms. The molecule has 0 radical (unpaired) electrons. The van der Waals surface area contributed by atoms with E-state index in [0.29, 0.717) is 19.7 Å². The van der Waals surface area contributed by atoms with Crippen LogP contribution < -0.4 is 10.4 Å². The smallest absolute Gasteiger partial charge is 0.345 e. The van der Waals surface area contributed by atoms with Gasteiger partial charge in [0, 0.05) is 13.1 Å². The summed E-state index contributed by atoms with van der Waals surface area (Å²) in [5, 5.41) is 4.00. The first kappa shape index (κ1) is 12.4. The van der Waals surface area contributed by atoms with Crippen molar-refractivity contribution in [3.8, 4) is 5.75 Å².